The predicted octanol–water partition coefficient (Wildman–Crippen LogP) is 3.75. The minimum Gasteiger partial charge on any atom is -0.373 e. The summed E-state index contributed by atoms with van der Waals surface area (Å²) in [5.74, 6) is 3.56. The monoisotopic (exact) mass is 435 g/mol. The lowest BCUT2D eigenvalue weighted by atomic mass is 9.87. The fraction of sp³-hybridized carbons (Fsp3) is 0.375. The van der Waals surface area contributed by atoms with Crippen molar-refractivity contribution >= 4 is 17.6 Å². The standard InChI is InChI=1S/C24H30FN7/c1-6-21(30-16(3)26-4)20(25)12-15(2)29-24-31-22-18(17-10-8-7-9-11-17)13-28-14-19(22)23(27-5)32-24/h1,8,10-12,18,28H,7,9,13-14H2,2-5H3,(H,26,30)(H2,27,29,31,32)/b15-12+,21-20-. The van der Waals surface area contributed by atoms with Crippen LogP contribution in [-0.4, -0.2) is 36.4 Å². The summed E-state index contributed by atoms with van der Waals surface area (Å²) in [6.07, 6.45) is 15.5. The van der Waals surface area contributed by atoms with Crippen LogP contribution in [0.15, 0.2) is 52.1 Å². The van der Waals surface area contributed by atoms with Crippen molar-refractivity contribution in [1.29, 1.82) is 0 Å². The van der Waals surface area contributed by atoms with Gasteiger partial charge in [0.1, 0.15) is 11.5 Å². The van der Waals surface area contributed by atoms with Crippen LogP contribution >= 0.6 is 0 Å². The van der Waals surface area contributed by atoms with E-state index in [0.29, 0.717) is 24.0 Å². The number of hydrogen-bond acceptors (Lipinski definition) is 6. The number of anilines is 2. The molecule has 0 spiro atoms. The molecule has 2 heterocycles. The Labute approximate surface area is 189 Å². The lowest BCUT2D eigenvalue weighted by Gasteiger charge is -2.29. The number of nitrogens with zero attached hydrogens (tertiary/aromatic N) is 3. The summed E-state index contributed by atoms with van der Waals surface area (Å²) >= 11 is 0. The molecule has 0 saturated heterocycles. The first-order valence-corrected chi connectivity index (χ1v) is 10.6. The molecule has 1 aliphatic carbocycles. The molecule has 0 fully saturated rings. The van der Waals surface area contributed by atoms with E-state index in [1.807, 2.05) is 7.05 Å². The van der Waals surface area contributed by atoms with Crippen molar-refractivity contribution < 1.29 is 4.39 Å². The highest BCUT2D eigenvalue weighted by atomic mass is 19.1. The maximum absolute atomic E-state index is 14.7. The summed E-state index contributed by atoms with van der Waals surface area (Å²) in [7, 11) is 3.44. The number of allylic oxidation sites excluding steroid dienone is 7. The van der Waals surface area contributed by atoms with E-state index in [1.54, 1.807) is 20.9 Å². The molecule has 0 bridgehead atoms. The number of aliphatic imine (C=N–C) groups is 1. The average molecular weight is 436 g/mol. The van der Waals surface area contributed by atoms with Crippen molar-refractivity contribution in [2.75, 3.05) is 31.3 Å². The van der Waals surface area contributed by atoms with Gasteiger partial charge in [0.15, 0.2) is 5.83 Å². The zero-order valence-electron chi connectivity index (χ0n) is 19.0. The SMILES string of the molecule is C#C/C(NC(C)=NC)=C(F)\C=C(/C)Nc1nc(NC)c2c(n1)C(C1=CCCC=C1)CNC2. The molecule has 1 aromatic rings. The van der Waals surface area contributed by atoms with Gasteiger partial charge in [0.2, 0.25) is 5.95 Å². The molecule has 32 heavy (non-hydrogen) atoms. The molecule has 8 heteroatoms. The third-order valence-electron chi connectivity index (χ3n) is 5.36. The molecule has 0 amide bonds. The largest absolute Gasteiger partial charge is 0.373 e. The van der Waals surface area contributed by atoms with Gasteiger partial charge in [-0.3, -0.25) is 4.99 Å². The van der Waals surface area contributed by atoms with E-state index >= 15 is 0 Å². The number of halogens is 1. The number of nitrogens with one attached hydrogen (secondary N) is 4. The zero-order chi connectivity index (χ0) is 23.1. The van der Waals surface area contributed by atoms with Gasteiger partial charge in [-0.2, -0.15) is 4.98 Å². The smallest absolute Gasteiger partial charge is 0.229 e. The van der Waals surface area contributed by atoms with Crippen molar-refractivity contribution in [1.82, 2.24) is 20.6 Å². The Morgan fingerprint density at radius 3 is 2.81 bits per heavy atom. The van der Waals surface area contributed by atoms with E-state index in [-0.39, 0.29) is 11.6 Å². The third kappa shape index (κ3) is 5.42. The summed E-state index contributed by atoms with van der Waals surface area (Å²) in [5.41, 5.74) is 3.82. The average Bonchev–Trinajstić information content (AvgIpc) is 2.81. The van der Waals surface area contributed by atoms with Gasteiger partial charge in [-0.05, 0) is 44.3 Å². The number of rotatable bonds is 6. The van der Waals surface area contributed by atoms with Gasteiger partial charge in [-0.25, -0.2) is 9.37 Å². The second kappa shape index (κ2) is 10.7. The lowest BCUT2D eigenvalue weighted by Crippen LogP contribution is -2.31. The van der Waals surface area contributed by atoms with Crippen molar-refractivity contribution in [2.24, 2.45) is 4.99 Å². The maximum Gasteiger partial charge on any atom is 0.229 e. The zero-order valence-corrected chi connectivity index (χ0v) is 19.0. The van der Waals surface area contributed by atoms with Gasteiger partial charge >= 0.3 is 0 Å². The van der Waals surface area contributed by atoms with Crippen LogP contribution < -0.4 is 21.3 Å². The fourth-order valence-electron chi connectivity index (χ4n) is 3.71. The van der Waals surface area contributed by atoms with Gasteiger partial charge in [0.25, 0.3) is 0 Å². The number of terminal acetylenes is 1. The van der Waals surface area contributed by atoms with E-state index in [0.717, 1.165) is 36.5 Å². The Kier molecular flexibility index (Phi) is 7.79. The highest BCUT2D eigenvalue weighted by Gasteiger charge is 2.27. The first-order chi connectivity index (χ1) is 15.5. The van der Waals surface area contributed by atoms with Crippen molar-refractivity contribution in [2.45, 2.75) is 39.2 Å². The molecule has 2 aliphatic rings. The summed E-state index contributed by atoms with van der Waals surface area (Å²) in [5, 5.41) is 12.5. The van der Waals surface area contributed by atoms with Gasteiger partial charge in [-0.1, -0.05) is 18.2 Å². The van der Waals surface area contributed by atoms with E-state index in [4.69, 9.17) is 11.4 Å². The van der Waals surface area contributed by atoms with E-state index < -0.39 is 5.83 Å². The van der Waals surface area contributed by atoms with Crippen molar-refractivity contribution in [3.05, 3.63) is 58.4 Å². The van der Waals surface area contributed by atoms with Crippen LogP contribution in [0.5, 0.6) is 0 Å². The molecule has 0 saturated carbocycles. The minimum absolute atomic E-state index is 0.0127. The summed E-state index contributed by atoms with van der Waals surface area (Å²) < 4.78 is 14.7. The Bertz CT molecular complexity index is 1060. The quantitative estimate of drug-likeness (QED) is 0.236. The van der Waals surface area contributed by atoms with Gasteiger partial charge in [0, 0.05) is 44.4 Å². The molecule has 1 aromatic heterocycles. The molecule has 3 rings (SSSR count). The normalized spacial score (nSPS) is 19.4. The minimum atomic E-state index is -0.577. The molecular formula is C24H30FN7. The van der Waals surface area contributed by atoms with Crippen LogP contribution in [0.25, 0.3) is 0 Å². The molecule has 1 atom stereocenters. The Morgan fingerprint density at radius 2 is 2.16 bits per heavy atom. The summed E-state index contributed by atoms with van der Waals surface area (Å²) in [4.78, 5) is 13.4. The van der Waals surface area contributed by atoms with Gasteiger partial charge in [-0.15, -0.1) is 6.42 Å². The summed E-state index contributed by atoms with van der Waals surface area (Å²) in [6, 6.07) is 0. The number of aromatic nitrogens is 2. The van der Waals surface area contributed by atoms with E-state index in [1.165, 1.54) is 11.6 Å². The fourth-order valence-corrected chi connectivity index (χ4v) is 3.71. The Balaban J connectivity index is 1.92. The second-order valence-electron chi connectivity index (χ2n) is 7.63. The van der Waals surface area contributed by atoms with Crippen molar-refractivity contribution in [3.63, 3.8) is 0 Å². The molecule has 1 aliphatic heterocycles. The first-order valence-electron chi connectivity index (χ1n) is 10.6. The van der Waals surface area contributed by atoms with Crippen LogP contribution in [0.2, 0.25) is 0 Å². The van der Waals surface area contributed by atoms with Crippen molar-refractivity contribution in [3.8, 4) is 12.3 Å². The first kappa shape index (κ1) is 23.2. The number of hydrogen-bond donors (Lipinski definition) is 4. The van der Waals surface area contributed by atoms with Gasteiger partial charge in [0.05, 0.1) is 11.5 Å². The highest BCUT2D eigenvalue weighted by molar-refractivity contribution is 5.82. The van der Waals surface area contributed by atoms with Crippen LogP contribution in [0.1, 0.15) is 43.9 Å². The molecule has 4 N–H and O–H groups in total. The Hall–Kier alpha value is -3.44. The molecule has 168 valence electrons. The summed E-state index contributed by atoms with van der Waals surface area (Å²) in [6.45, 7) is 4.95. The molecule has 0 radical (unpaired) electrons. The third-order valence-corrected chi connectivity index (χ3v) is 5.36. The maximum atomic E-state index is 14.7. The van der Waals surface area contributed by atoms with Crippen LogP contribution in [-0.2, 0) is 6.54 Å². The number of fused-ring (bicyclic) bond motifs is 1. The lowest BCUT2D eigenvalue weighted by molar-refractivity contribution is 0.573. The second-order valence-corrected chi connectivity index (χ2v) is 7.63. The van der Waals surface area contributed by atoms with Crippen LogP contribution in [0, 0.1) is 12.3 Å². The van der Waals surface area contributed by atoms with Gasteiger partial charge < -0.3 is 21.3 Å². The molecule has 7 nitrogen and oxygen atoms in total. The van der Waals surface area contributed by atoms with Crippen LogP contribution in [0.4, 0.5) is 16.2 Å². The molecule has 0 aromatic carbocycles. The topological polar surface area (TPSA) is 86.3 Å². The highest BCUT2D eigenvalue weighted by Crippen LogP contribution is 2.34. The Morgan fingerprint density at radius 1 is 1.34 bits per heavy atom. The predicted molar refractivity (Wildman–Crippen MR) is 129 cm³/mol. The molecule has 1 unspecified atom stereocenters. The van der Waals surface area contributed by atoms with Crippen LogP contribution in [0.3, 0.4) is 0 Å². The number of amidine groups is 1. The molecular weight excluding hydrogens is 405 g/mol. The van der Waals surface area contributed by atoms with E-state index in [2.05, 4.69) is 55.4 Å². The van der Waals surface area contributed by atoms with E-state index in [9.17, 15) is 4.39 Å².